The number of aromatic nitrogens is 1. The quantitative estimate of drug-likeness (QED) is 0.774. The van der Waals surface area contributed by atoms with Gasteiger partial charge in [0, 0.05) is 6.20 Å². The molecule has 1 aromatic rings. The van der Waals surface area contributed by atoms with Gasteiger partial charge in [-0.25, -0.2) is 4.39 Å². The van der Waals surface area contributed by atoms with Crippen molar-refractivity contribution in [2.75, 3.05) is 6.54 Å². The number of pyridine rings is 1. The molecule has 0 saturated heterocycles. The van der Waals surface area contributed by atoms with Crippen molar-refractivity contribution in [2.24, 2.45) is 0 Å². The van der Waals surface area contributed by atoms with Crippen LogP contribution in [0.5, 0.6) is 0 Å². The summed E-state index contributed by atoms with van der Waals surface area (Å²) >= 11 is 0. The van der Waals surface area contributed by atoms with Gasteiger partial charge in [-0.15, -0.1) is 0 Å². The Labute approximate surface area is 96.6 Å². The molecule has 0 bridgehead atoms. The summed E-state index contributed by atoms with van der Waals surface area (Å²) in [5.41, 5.74) is 1.62. The summed E-state index contributed by atoms with van der Waals surface area (Å²) in [6.07, 6.45) is 4.64. The fourth-order valence-corrected chi connectivity index (χ4v) is 1.49. The topological polar surface area (TPSA) is 24.9 Å². The van der Waals surface area contributed by atoms with Crippen molar-refractivity contribution in [1.82, 2.24) is 10.3 Å². The van der Waals surface area contributed by atoms with Gasteiger partial charge in [0.25, 0.3) is 0 Å². The third-order valence-electron chi connectivity index (χ3n) is 2.20. The molecule has 0 aliphatic heterocycles. The number of rotatable bonds is 5. The molecule has 0 aromatic carbocycles. The monoisotopic (exact) mass is 222 g/mol. The largest absolute Gasteiger partial charge is 0.305 e. The summed E-state index contributed by atoms with van der Waals surface area (Å²) in [4.78, 5) is 4.10. The first kappa shape index (κ1) is 12.8. The summed E-state index contributed by atoms with van der Waals surface area (Å²) in [6, 6.07) is 2.92. The molecule has 0 radical (unpaired) electrons. The average Bonchev–Trinajstić information content (AvgIpc) is 2.24. The molecule has 1 atom stereocenters. The van der Waals surface area contributed by atoms with Crippen LogP contribution in [0.15, 0.2) is 30.0 Å². The predicted molar refractivity (Wildman–Crippen MR) is 64.7 cm³/mol. The lowest BCUT2D eigenvalue weighted by Crippen LogP contribution is -2.22. The van der Waals surface area contributed by atoms with Crippen LogP contribution < -0.4 is 5.32 Å². The van der Waals surface area contributed by atoms with E-state index < -0.39 is 0 Å². The minimum Gasteiger partial charge on any atom is -0.305 e. The molecule has 2 nitrogen and oxygen atoms in total. The molecule has 0 aliphatic rings. The molecule has 1 heterocycles. The Hall–Kier alpha value is -1.22. The lowest BCUT2D eigenvalue weighted by atomic mass is 10.1. The highest BCUT2D eigenvalue weighted by molar-refractivity contribution is 5.18. The van der Waals surface area contributed by atoms with Crippen LogP contribution in [0.25, 0.3) is 0 Å². The van der Waals surface area contributed by atoms with Crippen LogP contribution in [0.1, 0.15) is 38.9 Å². The Morgan fingerprint density at radius 2 is 2.31 bits per heavy atom. The van der Waals surface area contributed by atoms with Gasteiger partial charge in [-0.3, -0.25) is 4.98 Å². The van der Waals surface area contributed by atoms with E-state index in [0.717, 1.165) is 18.5 Å². The molecule has 16 heavy (non-hydrogen) atoms. The zero-order valence-electron chi connectivity index (χ0n) is 10.1. The van der Waals surface area contributed by atoms with E-state index in [2.05, 4.69) is 17.2 Å². The van der Waals surface area contributed by atoms with E-state index in [9.17, 15) is 4.39 Å². The molecule has 0 aliphatic carbocycles. The maximum atomic E-state index is 13.6. The van der Waals surface area contributed by atoms with Crippen molar-refractivity contribution in [3.63, 3.8) is 0 Å². The highest BCUT2D eigenvalue weighted by atomic mass is 19.1. The van der Waals surface area contributed by atoms with Gasteiger partial charge in [0.15, 0.2) is 0 Å². The number of nitrogens with zero attached hydrogens (tertiary/aromatic N) is 1. The van der Waals surface area contributed by atoms with Crippen molar-refractivity contribution in [3.05, 3.63) is 41.5 Å². The zero-order valence-corrected chi connectivity index (χ0v) is 10.1. The smallest absolute Gasteiger partial charge is 0.146 e. The van der Waals surface area contributed by atoms with Crippen LogP contribution in [0.3, 0.4) is 0 Å². The third kappa shape index (κ3) is 3.74. The van der Waals surface area contributed by atoms with E-state index in [0.29, 0.717) is 5.69 Å². The summed E-state index contributed by atoms with van der Waals surface area (Å²) in [5, 5.41) is 3.28. The van der Waals surface area contributed by atoms with Gasteiger partial charge in [0.1, 0.15) is 5.82 Å². The van der Waals surface area contributed by atoms with Gasteiger partial charge in [-0.2, -0.15) is 0 Å². The second-order valence-electron chi connectivity index (χ2n) is 4.05. The molecular formula is C13H19FN2. The first-order chi connectivity index (χ1) is 7.65. The molecule has 88 valence electrons. The molecule has 1 N–H and O–H groups in total. The number of halogens is 1. The van der Waals surface area contributed by atoms with Crippen molar-refractivity contribution in [3.8, 4) is 0 Å². The fraction of sp³-hybridized carbons (Fsp3) is 0.462. The van der Waals surface area contributed by atoms with Crippen molar-refractivity contribution in [1.29, 1.82) is 0 Å². The van der Waals surface area contributed by atoms with Gasteiger partial charge in [0.05, 0.1) is 11.7 Å². The van der Waals surface area contributed by atoms with Gasteiger partial charge in [0.2, 0.25) is 0 Å². The van der Waals surface area contributed by atoms with E-state index in [1.807, 2.05) is 19.9 Å². The van der Waals surface area contributed by atoms with Crippen LogP contribution in [0.2, 0.25) is 0 Å². The van der Waals surface area contributed by atoms with E-state index in [4.69, 9.17) is 0 Å². The first-order valence-corrected chi connectivity index (χ1v) is 5.64. The van der Waals surface area contributed by atoms with Crippen molar-refractivity contribution in [2.45, 2.75) is 33.2 Å². The van der Waals surface area contributed by atoms with Crippen molar-refractivity contribution < 1.29 is 4.39 Å². The average molecular weight is 222 g/mol. The highest BCUT2D eigenvalue weighted by Crippen LogP contribution is 2.16. The molecule has 0 spiro atoms. The summed E-state index contributed by atoms with van der Waals surface area (Å²) in [7, 11) is 0. The molecule has 1 aromatic heterocycles. The van der Waals surface area contributed by atoms with Crippen LogP contribution >= 0.6 is 0 Å². The molecule has 0 fully saturated rings. The number of allylic oxidation sites excluding steroid dienone is 1. The standard InChI is InChI=1S/C13H19FN2/c1-4-7-15-12(9-10(2)3)13-11(14)6-5-8-16-13/h5-6,8-9,12,15H,4,7H2,1-3H3. The van der Waals surface area contributed by atoms with Crippen LogP contribution in [0.4, 0.5) is 4.39 Å². The lowest BCUT2D eigenvalue weighted by Gasteiger charge is -2.15. The van der Waals surface area contributed by atoms with E-state index in [1.165, 1.54) is 6.07 Å². The van der Waals surface area contributed by atoms with Crippen LogP contribution in [-0.2, 0) is 0 Å². The van der Waals surface area contributed by atoms with Gasteiger partial charge < -0.3 is 5.32 Å². The summed E-state index contributed by atoms with van der Waals surface area (Å²) < 4.78 is 13.6. The minimum atomic E-state index is -0.256. The van der Waals surface area contributed by atoms with Crippen LogP contribution in [0, 0.1) is 5.82 Å². The molecule has 3 heteroatoms. The normalized spacial score (nSPS) is 12.2. The van der Waals surface area contributed by atoms with E-state index >= 15 is 0 Å². The van der Waals surface area contributed by atoms with Gasteiger partial charge in [-0.1, -0.05) is 18.6 Å². The highest BCUT2D eigenvalue weighted by Gasteiger charge is 2.13. The Bertz CT molecular complexity index is 357. The van der Waals surface area contributed by atoms with Gasteiger partial charge >= 0.3 is 0 Å². The molecule has 1 unspecified atom stereocenters. The first-order valence-electron chi connectivity index (χ1n) is 5.64. The van der Waals surface area contributed by atoms with Crippen LogP contribution in [-0.4, -0.2) is 11.5 Å². The van der Waals surface area contributed by atoms with E-state index in [-0.39, 0.29) is 11.9 Å². The SMILES string of the molecule is CCCNC(C=C(C)C)c1ncccc1F. The molecular weight excluding hydrogens is 203 g/mol. The molecule has 0 saturated carbocycles. The summed E-state index contributed by atoms with van der Waals surface area (Å²) in [5.74, 6) is -0.256. The second kappa shape index (κ2) is 6.38. The minimum absolute atomic E-state index is 0.133. The number of nitrogens with one attached hydrogen (secondary N) is 1. The Balaban J connectivity index is 2.92. The third-order valence-corrected chi connectivity index (χ3v) is 2.20. The summed E-state index contributed by atoms with van der Waals surface area (Å²) in [6.45, 7) is 6.94. The van der Waals surface area contributed by atoms with E-state index in [1.54, 1.807) is 12.3 Å². The second-order valence-corrected chi connectivity index (χ2v) is 4.05. The molecule has 0 amide bonds. The van der Waals surface area contributed by atoms with Gasteiger partial charge in [-0.05, 0) is 38.9 Å². The Morgan fingerprint density at radius 3 is 2.88 bits per heavy atom. The number of hydrogen-bond donors (Lipinski definition) is 1. The lowest BCUT2D eigenvalue weighted by molar-refractivity contribution is 0.538. The number of hydrogen-bond acceptors (Lipinski definition) is 2. The Morgan fingerprint density at radius 1 is 1.56 bits per heavy atom. The fourth-order valence-electron chi connectivity index (χ4n) is 1.49. The zero-order chi connectivity index (χ0) is 12.0. The Kier molecular flexibility index (Phi) is 5.12. The van der Waals surface area contributed by atoms with Crippen molar-refractivity contribution >= 4 is 0 Å². The molecule has 1 rings (SSSR count). The maximum absolute atomic E-state index is 13.6. The predicted octanol–water partition coefficient (Wildman–Crippen LogP) is 3.23. The maximum Gasteiger partial charge on any atom is 0.146 e.